The van der Waals surface area contributed by atoms with Crippen LogP contribution in [0.25, 0.3) is 0 Å². The van der Waals surface area contributed by atoms with Gasteiger partial charge in [-0.25, -0.2) is 4.98 Å². The average Bonchev–Trinajstić information content (AvgIpc) is 2.45. The second-order valence-corrected chi connectivity index (χ2v) is 5.88. The molecule has 0 aliphatic carbocycles. The third-order valence-electron chi connectivity index (χ3n) is 3.23. The van der Waals surface area contributed by atoms with E-state index in [4.69, 9.17) is 34.8 Å². The standard InChI is InChI=1S/C13H16Cl3N3O/c14-9-8-10(15)13(18-12(9)16)17-5-4-11(20)19-6-2-1-3-7-19/h8H,1-7H2,(H,17,18). The molecule has 1 aromatic heterocycles. The molecule has 0 spiro atoms. The van der Waals surface area contributed by atoms with E-state index < -0.39 is 0 Å². The molecule has 0 bridgehead atoms. The molecule has 0 unspecified atom stereocenters. The van der Waals surface area contributed by atoms with Gasteiger partial charge in [0.1, 0.15) is 11.0 Å². The highest BCUT2D eigenvalue weighted by Crippen LogP contribution is 2.28. The second-order valence-electron chi connectivity index (χ2n) is 4.71. The van der Waals surface area contributed by atoms with E-state index in [1.54, 1.807) is 0 Å². The van der Waals surface area contributed by atoms with Gasteiger partial charge in [-0.3, -0.25) is 4.79 Å². The Kier molecular flexibility index (Phi) is 5.75. The van der Waals surface area contributed by atoms with E-state index in [0.29, 0.717) is 28.8 Å². The third kappa shape index (κ3) is 4.14. The molecule has 110 valence electrons. The number of likely N-dealkylation sites (tertiary alicyclic amines) is 1. The summed E-state index contributed by atoms with van der Waals surface area (Å²) in [5.74, 6) is 0.612. The fourth-order valence-corrected chi connectivity index (χ4v) is 2.72. The first kappa shape index (κ1) is 15.7. The van der Waals surface area contributed by atoms with E-state index in [2.05, 4.69) is 10.3 Å². The number of anilines is 1. The zero-order valence-electron chi connectivity index (χ0n) is 11.0. The number of carbonyl (C=O) groups is 1. The summed E-state index contributed by atoms with van der Waals surface area (Å²) in [6.07, 6.45) is 3.82. The van der Waals surface area contributed by atoms with Crippen molar-refractivity contribution < 1.29 is 4.79 Å². The SMILES string of the molecule is O=C(CCNc1nc(Cl)c(Cl)cc1Cl)N1CCCCC1. The van der Waals surface area contributed by atoms with Gasteiger partial charge in [-0.15, -0.1) is 0 Å². The van der Waals surface area contributed by atoms with E-state index in [1.807, 2.05) is 4.90 Å². The van der Waals surface area contributed by atoms with Gasteiger partial charge >= 0.3 is 0 Å². The van der Waals surface area contributed by atoms with Crippen LogP contribution in [0, 0.1) is 0 Å². The van der Waals surface area contributed by atoms with Crippen LogP contribution in [0.4, 0.5) is 5.82 Å². The predicted octanol–water partition coefficient (Wildman–Crippen LogP) is 3.86. The van der Waals surface area contributed by atoms with Crippen LogP contribution in [-0.2, 0) is 4.79 Å². The first-order valence-electron chi connectivity index (χ1n) is 6.61. The maximum Gasteiger partial charge on any atom is 0.224 e. The van der Waals surface area contributed by atoms with Crippen molar-refractivity contribution in [1.29, 1.82) is 0 Å². The fraction of sp³-hybridized carbons (Fsp3) is 0.538. The van der Waals surface area contributed by atoms with Crippen LogP contribution in [0.5, 0.6) is 0 Å². The van der Waals surface area contributed by atoms with Crippen LogP contribution >= 0.6 is 34.8 Å². The van der Waals surface area contributed by atoms with Gasteiger partial charge in [0.25, 0.3) is 0 Å². The molecule has 4 nitrogen and oxygen atoms in total. The highest BCUT2D eigenvalue weighted by molar-refractivity contribution is 6.42. The summed E-state index contributed by atoms with van der Waals surface area (Å²) < 4.78 is 0. The molecule has 1 amide bonds. The number of amides is 1. The average molecular weight is 337 g/mol. The van der Waals surface area contributed by atoms with Gasteiger partial charge in [-0.05, 0) is 25.3 Å². The van der Waals surface area contributed by atoms with E-state index in [9.17, 15) is 4.79 Å². The molecule has 1 N–H and O–H groups in total. The minimum Gasteiger partial charge on any atom is -0.368 e. The number of nitrogens with zero attached hydrogens (tertiary/aromatic N) is 2. The van der Waals surface area contributed by atoms with Gasteiger partial charge in [-0.1, -0.05) is 34.8 Å². The maximum absolute atomic E-state index is 12.0. The molecule has 1 aromatic rings. The summed E-state index contributed by atoms with van der Waals surface area (Å²) in [5, 5.41) is 3.92. The first-order valence-corrected chi connectivity index (χ1v) is 7.74. The van der Waals surface area contributed by atoms with Gasteiger partial charge in [0.05, 0.1) is 10.0 Å². The number of piperidine rings is 1. The number of aromatic nitrogens is 1. The van der Waals surface area contributed by atoms with E-state index in [1.165, 1.54) is 12.5 Å². The highest BCUT2D eigenvalue weighted by Gasteiger charge is 2.16. The summed E-state index contributed by atoms with van der Waals surface area (Å²) >= 11 is 17.6. The van der Waals surface area contributed by atoms with Gasteiger partial charge in [0.2, 0.25) is 5.91 Å². The van der Waals surface area contributed by atoms with Crippen molar-refractivity contribution in [3.05, 3.63) is 21.3 Å². The lowest BCUT2D eigenvalue weighted by molar-refractivity contribution is -0.131. The Balaban J connectivity index is 1.83. The summed E-state index contributed by atoms with van der Waals surface area (Å²) in [5.41, 5.74) is 0. The van der Waals surface area contributed by atoms with Gasteiger partial charge in [0.15, 0.2) is 0 Å². The minimum atomic E-state index is 0.161. The Morgan fingerprint density at radius 3 is 2.60 bits per heavy atom. The molecule has 0 aromatic carbocycles. The summed E-state index contributed by atoms with van der Waals surface area (Å²) in [6, 6.07) is 1.53. The van der Waals surface area contributed by atoms with Gasteiger partial charge in [0, 0.05) is 26.1 Å². The van der Waals surface area contributed by atoms with E-state index in [-0.39, 0.29) is 11.1 Å². The van der Waals surface area contributed by atoms with Crippen molar-refractivity contribution in [2.75, 3.05) is 25.0 Å². The topological polar surface area (TPSA) is 45.2 Å². The molecule has 0 radical (unpaired) electrons. The molecule has 2 rings (SSSR count). The number of nitrogens with one attached hydrogen (secondary N) is 1. The minimum absolute atomic E-state index is 0.161. The van der Waals surface area contributed by atoms with Crippen molar-refractivity contribution in [2.45, 2.75) is 25.7 Å². The third-order valence-corrected chi connectivity index (χ3v) is 4.19. The molecule has 1 aliphatic heterocycles. The predicted molar refractivity (Wildman–Crippen MR) is 82.8 cm³/mol. The lowest BCUT2D eigenvalue weighted by Gasteiger charge is -2.26. The van der Waals surface area contributed by atoms with E-state index >= 15 is 0 Å². The molecule has 2 heterocycles. The van der Waals surface area contributed by atoms with Crippen molar-refractivity contribution in [3.63, 3.8) is 0 Å². The van der Waals surface area contributed by atoms with Crippen LogP contribution in [0.3, 0.4) is 0 Å². The van der Waals surface area contributed by atoms with Crippen LogP contribution in [0.1, 0.15) is 25.7 Å². The normalized spacial score (nSPS) is 15.2. The maximum atomic E-state index is 12.0. The molecule has 20 heavy (non-hydrogen) atoms. The molecule has 0 atom stereocenters. The molecular weight excluding hydrogens is 321 g/mol. The molecule has 7 heteroatoms. The molecule has 1 aliphatic rings. The van der Waals surface area contributed by atoms with Crippen molar-refractivity contribution >= 4 is 46.5 Å². The largest absolute Gasteiger partial charge is 0.368 e. The Morgan fingerprint density at radius 2 is 1.90 bits per heavy atom. The fourth-order valence-electron chi connectivity index (χ4n) is 2.16. The molecule has 1 saturated heterocycles. The first-order chi connectivity index (χ1) is 9.58. The van der Waals surface area contributed by atoms with Crippen LogP contribution < -0.4 is 5.32 Å². The number of rotatable bonds is 4. The summed E-state index contributed by atoms with van der Waals surface area (Å²) in [6.45, 7) is 2.20. The lowest BCUT2D eigenvalue weighted by atomic mass is 10.1. The number of hydrogen-bond donors (Lipinski definition) is 1. The van der Waals surface area contributed by atoms with Crippen molar-refractivity contribution in [1.82, 2.24) is 9.88 Å². The Labute approximate surface area is 133 Å². The quantitative estimate of drug-likeness (QED) is 0.849. The molecule has 1 fully saturated rings. The number of halogens is 3. The van der Waals surface area contributed by atoms with E-state index in [0.717, 1.165) is 25.9 Å². The Hall–Kier alpha value is -0.710. The number of pyridine rings is 1. The zero-order valence-corrected chi connectivity index (χ0v) is 13.2. The van der Waals surface area contributed by atoms with Crippen LogP contribution in [0.15, 0.2) is 6.07 Å². The Bertz CT molecular complexity index is 490. The van der Waals surface area contributed by atoms with Crippen LogP contribution in [0.2, 0.25) is 15.2 Å². The molecule has 0 saturated carbocycles. The van der Waals surface area contributed by atoms with Crippen molar-refractivity contribution in [3.8, 4) is 0 Å². The van der Waals surface area contributed by atoms with Crippen molar-refractivity contribution in [2.24, 2.45) is 0 Å². The number of carbonyl (C=O) groups excluding carboxylic acids is 1. The number of hydrogen-bond acceptors (Lipinski definition) is 3. The van der Waals surface area contributed by atoms with Gasteiger partial charge < -0.3 is 10.2 Å². The second kappa shape index (κ2) is 7.34. The zero-order chi connectivity index (χ0) is 14.5. The lowest BCUT2D eigenvalue weighted by Crippen LogP contribution is -2.36. The summed E-state index contributed by atoms with van der Waals surface area (Å²) in [7, 11) is 0. The summed E-state index contributed by atoms with van der Waals surface area (Å²) in [4.78, 5) is 17.9. The highest BCUT2D eigenvalue weighted by atomic mass is 35.5. The van der Waals surface area contributed by atoms with Crippen LogP contribution in [-0.4, -0.2) is 35.4 Å². The Morgan fingerprint density at radius 1 is 1.20 bits per heavy atom. The molecular formula is C13H16Cl3N3O. The van der Waals surface area contributed by atoms with Gasteiger partial charge in [-0.2, -0.15) is 0 Å². The monoisotopic (exact) mass is 335 g/mol. The smallest absolute Gasteiger partial charge is 0.224 e.